The van der Waals surface area contributed by atoms with Gasteiger partial charge in [0.15, 0.2) is 6.61 Å². The molecule has 0 atom stereocenters. The third kappa shape index (κ3) is 4.21. The van der Waals surface area contributed by atoms with Gasteiger partial charge in [-0.05, 0) is 55.7 Å². The van der Waals surface area contributed by atoms with Crippen molar-refractivity contribution in [3.8, 4) is 5.75 Å². The molecule has 0 fully saturated rings. The number of aryl methyl sites for hydroxylation is 2. The van der Waals surface area contributed by atoms with Gasteiger partial charge < -0.3 is 9.15 Å². The molecule has 1 heterocycles. The van der Waals surface area contributed by atoms with Crippen LogP contribution < -0.4 is 10.2 Å². The summed E-state index contributed by atoms with van der Waals surface area (Å²) >= 11 is 0. The first-order valence-corrected chi connectivity index (χ1v) is 6.62. The Labute approximate surface area is 123 Å². The van der Waals surface area contributed by atoms with Gasteiger partial charge >= 0.3 is 0 Å². The van der Waals surface area contributed by atoms with E-state index in [1.807, 2.05) is 26.8 Å². The Kier molecular flexibility index (Phi) is 4.77. The Bertz CT molecular complexity index is 646. The van der Waals surface area contributed by atoms with Crippen molar-refractivity contribution in [2.75, 3.05) is 6.61 Å². The summed E-state index contributed by atoms with van der Waals surface area (Å²) in [7, 11) is 0. The van der Waals surface area contributed by atoms with E-state index in [0.717, 1.165) is 22.4 Å². The van der Waals surface area contributed by atoms with Gasteiger partial charge in [0.25, 0.3) is 5.91 Å². The number of hydrogen-bond acceptors (Lipinski definition) is 4. The smallest absolute Gasteiger partial charge is 0.277 e. The highest BCUT2D eigenvalue weighted by atomic mass is 16.5. The van der Waals surface area contributed by atoms with Gasteiger partial charge in [-0.2, -0.15) is 5.10 Å². The lowest BCUT2D eigenvalue weighted by Crippen LogP contribution is -2.24. The van der Waals surface area contributed by atoms with Crippen molar-refractivity contribution in [3.05, 3.63) is 53.0 Å². The molecule has 0 unspecified atom stereocenters. The fourth-order valence-corrected chi connectivity index (χ4v) is 1.86. The van der Waals surface area contributed by atoms with E-state index in [1.54, 1.807) is 12.1 Å². The zero-order chi connectivity index (χ0) is 15.2. The summed E-state index contributed by atoms with van der Waals surface area (Å²) < 4.78 is 10.6. The number of hydrogen-bond donors (Lipinski definition) is 1. The minimum absolute atomic E-state index is 0.0841. The molecule has 1 N–H and O–H groups in total. The molecule has 0 spiro atoms. The molecule has 0 saturated heterocycles. The Morgan fingerprint density at radius 2 is 2.19 bits per heavy atom. The molecule has 0 aliphatic heterocycles. The highest BCUT2D eigenvalue weighted by Gasteiger charge is 2.06. The van der Waals surface area contributed by atoms with Crippen LogP contribution in [0, 0.1) is 20.8 Å². The molecule has 0 saturated carbocycles. The lowest BCUT2D eigenvalue weighted by molar-refractivity contribution is -0.123. The van der Waals surface area contributed by atoms with E-state index >= 15 is 0 Å². The van der Waals surface area contributed by atoms with Crippen molar-refractivity contribution < 1.29 is 13.9 Å². The lowest BCUT2D eigenvalue weighted by Gasteiger charge is -2.11. The Morgan fingerprint density at radius 3 is 2.90 bits per heavy atom. The maximum absolute atomic E-state index is 11.6. The number of nitrogens with one attached hydrogen (secondary N) is 1. The van der Waals surface area contributed by atoms with Crippen LogP contribution in [0.2, 0.25) is 0 Å². The second kappa shape index (κ2) is 6.74. The van der Waals surface area contributed by atoms with Crippen LogP contribution in [0.25, 0.3) is 0 Å². The Hall–Kier alpha value is -2.56. The minimum atomic E-state index is -0.323. The molecule has 1 aromatic heterocycles. The molecule has 1 aromatic carbocycles. The molecular formula is C16H18N2O3. The van der Waals surface area contributed by atoms with Crippen molar-refractivity contribution >= 4 is 12.1 Å². The molecule has 5 heteroatoms. The predicted molar refractivity (Wildman–Crippen MR) is 80.6 cm³/mol. The summed E-state index contributed by atoms with van der Waals surface area (Å²) in [5.41, 5.74) is 5.66. The van der Waals surface area contributed by atoms with Crippen molar-refractivity contribution in [3.63, 3.8) is 0 Å². The molecule has 0 radical (unpaired) electrons. The first-order valence-electron chi connectivity index (χ1n) is 6.62. The maximum Gasteiger partial charge on any atom is 0.277 e. The number of furan rings is 1. The quantitative estimate of drug-likeness (QED) is 0.679. The summed E-state index contributed by atoms with van der Waals surface area (Å²) in [5, 5.41) is 3.79. The van der Waals surface area contributed by atoms with Crippen molar-refractivity contribution in [2.24, 2.45) is 5.10 Å². The molecule has 5 nitrogen and oxygen atoms in total. The van der Waals surface area contributed by atoms with Gasteiger partial charge in [-0.25, -0.2) is 5.43 Å². The number of ether oxygens (including phenoxy) is 1. The lowest BCUT2D eigenvalue weighted by atomic mass is 10.1. The minimum Gasteiger partial charge on any atom is -0.483 e. The van der Waals surface area contributed by atoms with E-state index in [2.05, 4.69) is 16.6 Å². The molecule has 0 aliphatic rings. The van der Waals surface area contributed by atoms with Gasteiger partial charge in [-0.15, -0.1) is 0 Å². The van der Waals surface area contributed by atoms with Gasteiger partial charge in [0.2, 0.25) is 0 Å². The Morgan fingerprint density at radius 1 is 1.38 bits per heavy atom. The molecule has 1 amide bonds. The second-order valence-corrected chi connectivity index (χ2v) is 4.80. The van der Waals surface area contributed by atoms with Gasteiger partial charge in [0.1, 0.15) is 11.5 Å². The van der Waals surface area contributed by atoms with Crippen LogP contribution in [-0.4, -0.2) is 18.7 Å². The third-order valence-corrected chi connectivity index (χ3v) is 3.05. The number of nitrogens with zero attached hydrogens (tertiary/aromatic N) is 1. The Balaban J connectivity index is 1.87. The molecule has 0 bridgehead atoms. The number of rotatable bonds is 5. The van der Waals surface area contributed by atoms with Crippen LogP contribution >= 0.6 is 0 Å². The topological polar surface area (TPSA) is 63.8 Å². The standard InChI is InChI=1S/C16H18N2O3/c1-11-7-12(2)13(3)15(8-11)21-10-16(19)18-17-9-14-5-4-6-20-14/h4-9H,10H2,1-3H3,(H,18,19)/b17-9+. The summed E-state index contributed by atoms with van der Waals surface area (Å²) in [6.07, 6.45) is 2.97. The van der Waals surface area contributed by atoms with Crippen LogP contribution in [0.15, 0.2) is 40.0 Å². The van der Waals surface area contributed by atoms with Crippen LogP contribution in [-0.2, 0) is 4.79 Å². The molecule has 0 aliphatic carbocycles. The molecule has 2 rings (SSSR count). The van der Waals surface area contributed by atoms with E-state index in [9.17, 15) is 4.79 Å². The van der Waals surface area contributed by atoms with Crippen LogP contribution in [0.4, 0.5) is 0 Å². The monoisotopic (exact) mass is 286 g/mol. The van der Waals surface area contributed by atoms with Crippen molar-refractivity contribution in [1.82, 2.24) is 5.43 Å². The summed E-state index contributed by atoms with van der Waals surface area (Å²) in [6, 6.07) is 7.48. The summed E-state index contributed by atoms with van der Waals surface area (Å²) in [6.45, 7) is 5.90. The highest BCUT2D eigenvalue weighted by molar-refractivity contribution is 5.81. The van der Waals surface area contributed by atoms with Crippen molar-refractivity contribution in [1.29, 1.82) is 0 Å². The van der Waals surface area contributed by atoms with E-state index in [0.29, 0.717) is 5.76 Å². The van der Waals surface area contributed by atoms with E-state index in [4.69, 9.17) is 9.15 Å². The number of benzene rings is 1. The fourth-order valence-electron chi connectivity index (χ4n) is 1.86. The number of amides is 1. The summed E-state index contributed by atoms with van der Waals surface area (Å²) in [4.78, 5) is 11.6. The first kappa shape index (κ1) is 14.8. The average molecular weight is 286 g/mol. The first-order chi connectivity index (χ1) is 10.1. The second-order valence-electron chi connectivity index (χ2n) is 4.80. The predicted octanol–water partition coefficient (Wildman–Crippen LogP) is 2.73. The van der Waals surface area contributed by atoms with Gasteiger partial charge in [0.05, 0.1) is 12.5 Å². The van der Waals surface area contributed by atoms with Gasteiger partial charge in [0, 0.05) is 0 Å². The highest BCUT2D eigenvalue weighted by Crippen LogP contribution is 2.23. The fraction of sp³-hybridized carbons (Fsp3) is 0.250. The van der Waals surface area contributed by atoms with E-state index in [1.165, 1.54) is 12.5 Å². The normalized spacial score (nSPS) is 10.8. The maximum atomic E-state index is 11.6. The zero-order valence-electron chi connectivity index (χ0n) is 12.3. The summed E-state index contributed by atoms with van der Waals surface area (Å²) in [5.74, 6) is 0.968. The van der Waals surface area contributed by atoms with E-state index < -0.39 is 0 Å². The van der Waals surface area contributed by atoms with E-state index in [-0.39, 0.29) is 12.5 Å². The largest absolute Gasteiger partial charge is 0.483 e. The molecule has 2 aromatic rings. The van der Waals surface area contributed by atoms with Gasteiger partial charge in [-0.1, -0.05) is 6.07 Å². The van der Waals surface area contributed by atoms with Crippen LogP contribution in [0.3, 0.4) is 0 Å². The van der Waals surface area contributed by atoms with Crippen LogP contribution in [0.1, 0.15) is 22.5 Å². The SMILES string of the molecule is Cc1cc(C)c(C)c(OCC(=O)N/N=C/c2ccco2)c1. The van der Waals surface area contributed by atoms with Crippen LogP contribution in [0.5, 0.6) is 5.75 Å². The van der Waals surface area contributed by atoms with Gasteiger partial charge in [-0.3, -0.25) is 4.79 Å². The number of carbonyl (C=O) groups excluding carboxylic acids is 1. The third-order valence-electron chi connectivity index (χ3n) is 3.05. The average Bonchev–Trinajstić information content (AvgIpc) is 2.94. The molecular weight excluding hydrogens is 268 g/mol. The number of carbonyl (C=O) groups is 1. The number of hydrazone groups is 1. The molecule has 110 valence electrons. The molecule has 21 heavy (non-hydrogen) atoms. The van der Waals surface area contributed by atoms with Crippen molar-refractivity contribution in [2.45, 2.75) is 20.8 Å². The zero-order valence-corrected chi connectivity index (χ0v) is 12.3.